The van der Waals surface area contributed by atoms with E-state index in [1.165, 1.54) is 19.3 Å². The van der Waals surface area contributed by atoms with E-state index in [2.05, 4.69) is 12.2 Å². The van der Waals surface area contributed by atoms with Crippen molar-refractivity contribution in [1.82, 2.24) is 5.32 Å². The Hall–Kier alpha value is -0.610. The predicted octanol–water partition coefficient (Wildman–Crippen LogP) is 1.97. The fourth-order valence-electron chi connectivity index (χ4n) is 2.96. The molecule has 1 atom stereocenters. The second-order valence-electron chi connectivity index (χ2n) is 6.28. The first-order valence-electron chi connectivity index (χ1n) is 7.77. The molecule has 0 bridgehead atoms. The lowest BCUT2D eigenvalue weighted by molar-refractivity contribution is -0.150. The van der Waals surface area contributed by atoms with E-state index in [4.69, 9.17) is 10.5 Å². The summed E-state index contributed by atoms with van der Waals surface area (Å²) in [6, 6.07) is 0.392. The van der Waals surface area contributed by atoms with Gasteiger partial charge in [-0.05, 0) is 51.4 Å². The number of rotatable bonds is 6. The van der Waals surface area contributed by atoms with E-state index in [9.17, 15) is 4.79 Å². The second-order valence-corrected chi connectivity index (χ2v) is 6.28. The topological polar surface area (TPSA) is 64.3 Å². The Balaban J connectivity index is 1.85. The highest BCUT2D eigenvalue weighted by Gasteiger charge is 2.38. The van der Waals surface area contributed by atoms with Gasteiger partial charge in [-0.25, -0.2) is 0 Å². The highest BCUT2D eigenvalue weighted by Crippen LogP contribution is 2.36. The molecule has 0 heterocycles. The molecule has 1 amide bonds. The summed E-state index contributed by atoms with van der Waals surface area (Å²) in [5.41, 5.74) is 5.66. The van der Waals surface area contributed by atoms with E-state index in [1.807, 2.05) is 6.92 Å². The van der Waals surface area contributed by atoms with Crippen LogP contribution in [0.5, 0.6) is 0 Å². The Labute approximate surface area is 116 Å². The lowest BCUT2D eigenvalue weighted by Crippen LogP contribution is -2.49. The van der Waals surface area contributed by atoms with Gasteiger partial charge in [-0.15, -0.1) is 0 Å². The van der Waals surface area contributed by atoms with E-state index >= 15 is 0 Å². The Bertz CT molecular complexity index is 307. The summed E-state index contributed by atoms with van der Waals surface area (Å²) in [4.78, 5) is 12.0. The van der Waals surface area contributed by atoms with Crippen molar-refractivity contribution in [3.05, 3.63) is 0 Å². The van der Waals surface area contributed by atoms with Gasteiger partial charge in [0.2, 0.25) is 5.91 Å². The molecule has 0 saturated heterocycles. The molecule has 2 fully saturated rings. The maximum atomic E-state index is 12.0. The molecule has 2 aliphatic carbocycles. The van der Waals surface area contributed by atoms with Crippen LogP contribution < -0.4 is 11.1 Å². The summed E-state index contributed by atoms with van der Waals surface area (Å²) in [5, 5.41) is 3.00. The molecule has 0 aromatic carbocycles. The fourth-order valence-corrected chi connectivity index (χ4v) is 2.96. The smallest absolute Gasteiger partial charge is 0.249 e. The van der Waals surface area contributed by atoms with E-state index in [0.717, 1.165) is 31.6 Å². The summed E-state index contributed by atoms with van der Waals surface area (Å²) in [6.07, 6.45) is 7.39. The van der Waals surface area contributed by atoms with Crippen LogP contribution in [0.15, 0.2) is 0 Å². The van der Waals surface area contributed by atoms with Gasteiger partial charge in [0.05, 0.1) is 5.60 Å². The van der Waals surface area contributed by atoms with Crippen molar-refractivity contribution < 1.29 is 9.53 Å². The van der Waals surface area contributed by atoms with Gasteiger partial charge < -0.3 is 15.8 Å². The van der Waals surface area contributed by atoms with Crippen molar-refractivity contribution in [2.24, 2.45) is 11.7 Å². The highest BCUT2D eigenvalue weighted by molar-refractivity contribution is 5.80. The van der Waals surface area contributed by atoms with Crippen LogP contribution in [0.1, 0.15) is 58.8 Å². The van der Waals surface area contributed by atoms with Gasteiger partial charge in [0.1, 0.15) is 6.10 Å². The van der Waals surface area contributed by atoms with Crippen LogP contribution in [0, 0.1) is 5.92 Å². The van der Waals surface area contributed by atoms with Crippen LogP contribution in [0.4, 0.5) is 0 Å². The molecule has 2 rings (SSSR count). The Morgan fingerprint density at radius 3 is 2.47 bits per heavy atom. The molecule has 4 nitrogen and oxygen atoms in total. The van der Waals surface area contributed by atoms with E-state index in [-0.39, 0.29) is 17.6 Å². The van der Waals surface area contributed by atoms with Crippen molar-refractivity contribution in [3.8, 4) is 0 Å². The third-order valence-electron chi connectivity index (χ3n) is 4.69. The van der Waals surface area contributed by atoms with Gasteiger partial charge in [-0.3, -0.25) is 4.79 Å². The number of amides is 1. The number of carbonyl (C=O) groups is 1. The fraction of sp³-hybridized carbons (Fsp3) is 0.933. The second kappa shape index (κ2) is 6.23. The van der Waals surface area contributed by atoms with Gasteiger partial charge >= 0.3 is 0 Å². The first-order chi connectivity index (χ1) is 9.08. The maximum Gasteiger partial charge on any atom is 0.249 e. The predicted molar refractivity (Wildman–Crippen MR) is 75.7 cm³/mol. The minimum absolute atomic E-state index is 0.0212. The highest BCUT2D eigenvalue weighted by atomic mass is 16.5. The average molecular weight is 268 g/mol. The number of ether oxygens (including phenoxy) is 1. The molecule has 2 saturated carbocycles. The molecule has 0 aromatic rings. The van der Waals surface area contributed by atoms with Crippen molar-refractivity contribution in [2.75, 3.05) is 6.54 Å². The Morgan fingerprint density at radius 1 is 1.37 bits per heavy atom. The monoisotopic (exact) mass is 268 g/mol. The standard InChI is InChI=1S/C15H28N2O2/c1-3-12-6-8-15(10-16,9-7-12)19-11(2)14(18)17-13-4-5-13/h11-13H,3-10,16H2,1-2H3,(H,17,18). The van der Waals surface area contributed by atoms with Gasteiger partial charge in [0, 0.05) is 12.6 Å². The zero-order chi connectivity index (χ0) is 13.9. The summed E-state index contributed by atoms with van der Waals surface area (Å²) >= 11 is 0. The summed E-state index contributed by atoms with van der Waals surface area (Å²) in [7, 11) is 0. The maximum absolute atomic E-state index is 12.0. The van der Waals surface area contributed by atoms with E-state index in [1.54, 1.807) is 0 Å². The van der Waals surface area contributed by atoms with Crippen LogP contribution in [0.2, 0.25) is 0 Å². The molecule has 1 unspecified atom stereocenters. The molecule has 110 valence electrons. The van der Waals surface area contributed by atoms with Crippen LogP contribution in [-0.4, -0.2) is 30.2 Å². The molecular formula is C15H28N2O2. The van der Waals surface area contributed by atoms with Gasteiger partial charge in [-0.1, -0.05) is 13.3 Å². The van der Waals surface area contributed by atoms with Gasteiger partial charge in [0.25, 0.3) is 0 Å². The molecule has 0 aromatic heterocycles. The zero-order valence-corrected chi connectivity index (χ0v) is 12.3. The zero-order valence-electron chi connectivity index (χ0n) is 12.3. The van der Waals surface area contributed by atoms with Crippen LogP contribution in [-0.2, 0) is 9.53 Å². The minimum Gasteiger partial charge on any atom is -0.361 e. The van der Waals surface area contributed by atoms with Crippen molar-refractivity contribution in [1.29, 1.82) is 0 Å². The minimum atomic E-state index is -0.387. The van der Waals surface area contributed by atoms with Crippen molar-refractivity contribution >= 4 is 5.91 Å². The number of nitrogens with one attached hydrogen (secondary N) is 1. The van der Waals surface area contributed by atoms with Crippen LogP contribution >= 0.6 is 0 Å². The molecule has 3 N–H and O–H groups in total. The number of hydrogen-bond donors (Lipinski definition) is 2. The molecule has 0 radical (unpaired) electrons. The van der Waals surface area contributed by atoms with E-state index in [0.29, 0.717) is 12.6 Å². The molecule has 2 aliphatic rings. The van der Waals surface area contributed by atoms with E-state index < -0.39 is 0 Å². The normalized spacial score (nSPS) is 32.9. The molecular weight excluding hydrogens is 240 g/mol. The van der Waals surface area contributed by atoms with Crippen LogP contribution in [0.3, 0.4) is 0 Å². The van der Waals surface area contributed by atoms with Gasteiger partial charge in [0.15, 0.2) is 0 Å². The quantitative estimate of drug-likeness (QED) is 0.774. The first kappa shape index (κ1) is 14.8. The molecule has 0 spiro atoms. The van der Waals surface area contributed by atoms with Gasteiger partial charge in [-0.2, -0.15) is 0 Å². The Morgan fingerprint density at radius 2 is 2.00 bits per heavy atom. The summed E-state index contributed by atoms with van der Waals surface area (Å²) in [5.74, 6) is 0.826. The lowest BCUT2D eigenvalue weighted by Gasteiger charge is -2.40. The SMILES string of the molecule is CCC1CCC(CN)(OC(C)C(=O)NC2CC2)CC1. The average Bonchev–Trinajstić information content (AvgIpc) is 3.23. The first-order valence-corrected chi connectivity index (χ1v) is 7.77. The summed E-state index contributed by atoms with van der Waals surface area (Å²) < 4.78 is 6.07. The molecule has 19 heavy (non-hydrogen) atoms. The third-order valence-corrected chi connectivity index (χ3v) is 4.69. The largest absolute Gasteiger partial charge is 0.361 e. The molecule has 0 aliphatic heterocycles. The van der Waals surface area contributed by atoms with Crippen molar-refractivity contribution in [3.63, 3.8) is 0 Å². The molecule has 4 heteroatoms. The summed E-state index contributed by atoms with van der Waals surface area (Å²) in [6.45, 7) is 4.61. The third kappa shape index (κ3) is 3.93. The lowest BCUT2D eigenvalue weighted by atomic mass is 9.77. The van der Waals surface area contributed by atoms with Crippen LogP contribution in [0.25, 0.3) is 0 Å². The Kier molecular flexibility index (Phi) is 4.85. The number of hydrogen-bond acceptors (Lipinski definition) is 3. The number of nitrogens with two attached hydrogens (primary N) is 1. The van der Waals surface area contributed by atoms with Crippen molar-refractivity contribution in [2.45, 2.75) is 76.5 Å². The number of carbonyl (C=O) groups excluding carboxylic acids is 1.